The Balaban J connectivity index is 2.19. The highest BCUT2D eigenvalue weighted by molar-refractivity contribution is 6.18. The van der Waals surface area contributed by atoms with Crippen molar-refractivity contribution in [1.29, 1.82) is 0 Å². The number of esters is 2. The lowest BCUT2D eigenvalue weighted by Gasteiger charge is -2.28. The van der Waals surface area contributed by atoms with Crippen LogP contribution >= 0.6 is 11.6 Å². The molecule has 0 aliphatic heterocycles. The van der Waals surface area contributed by atoms with Crippen molar-refractivity contribution < 1.29 is 19.1 Å². The van der Waals surface area contributed by atoms with Gasteiger partial charge in [-0.2, -0.15) is 0 Å². The van der Waals surface area contributed by atoms with E-state index in [1.807, 2.05) is 0 Å². The molecule has 1 fully saturated rings. The molecule has 1 saturated carbocycles. The predicted octanol–water partition coefficient (Wildman–Crippen LogP) is 5.26. The highest BCUT2D eigenvalue weighted by Gasteiger charge is 2.37. The molecule has 1 rings (SSSR count). The summed E-state index contributed by atoms with van der Waals surface area (Å²) < 4.78 is 10.6. The van der Waals surface area contributed by atoms with E-state index < -0.39 is 0 Å². The van der Waals surface area contributed by atoms with Gasteiger partial charge < -0.3 is 9.47 Å². The number of halogens is 1. The van der Waals surface area contributed by atoms with E-state index in [0.717, 1.165) is 32.1 Å². The van der Waals surface area contributed by atoms with Crippen LogP contribution in [0.1, 0.15) is 84.0 Å². The van der Waals surface area contributed by atoms with Gasteiger partial charge in [0, 0.05) is 0 Å². The van der Waals surface area contributed by atoms with Crippen LogP contribution < -0.4 is 0 Å². The van der Waals surface area contributed by atoms with E-state index in [1.165, 1.54) is 38.5 Å². The van der Waals surface area contributed by atoms with Gasteiger partial charge >= 0.3 is 11.9 Å². The van der Waals surface area contributed by atoms with Crippen LogP contribution in [0.25, 0.3) is 0 Å². The summed E-state index contributed by atoms with van der Waals surface area (Å²) in [5, 5.41) is 0. The van der Waals surface area contributed by atoms with E-state index in [0.29, 0.717) is 13.0 Å². The number of hydrogen-bond acceptors (Lipinski definition) is 4. The maximum absolute atomic E-state index is 12.3. The molecule has 0 spiro atoms. The van der Waals surface area contributed by atoms with E-state index >= 15 is 0 Å². The average Bonchev–Trinajstić information content (AvgIpc) is 2.64. The van der Waals surface area contributed by atoms with Crippen molar-refractivity contribution in [2.75, 3.05) is 19.1 Å². The zero-order chi connectivity index (χ0) is 18.3. The predicted molar refractivity (Wildman–Crippen MR) is 101 cm³/mol. The van der Waals surface area contributed by atoms with Crippen LogP contribution in [0.3, 0.4) is 0 Å². The normalized spacial score (nSPS) is 20.2. The summed E-state index contributed by atoms with van der Waals surface area (Å²) in [6, 6.07) is 0. The second kappa shape index (κ2) is 14.4. The molecule has 25 heavy (non-hydrogen) atoms. The number of hydrogen-bond donors (Lipinski definition) is 0. The summed E-state index contributed by atoms with van der Waals surface area (Å²) in [6.07, 6.45) is 13.1. The smallest absolute Gasteiger partial charge is 0.309 e. The maximum Gasteiger partial charge on any atom is 0.309 e. The number of carbonyl (C=O) groups excluding carboxylic acids is 2. The first-order chi connectivity index (χ1) is 12.2. The van der Waals surface area contributed by atoms with Gasteiger partial charge in [-0.1, -0.05) is 64.7 Å². The molecule has 0 aromatic carbocycles. The first-order valence-corrected chi connectivity index (χ1v) is 10.6. The molecule has 2 unspecified atom stereocenters. The number of alkyl halides is 1. The minimum absolute atomic E-state index is 0.205. The Hall–Kier alpha value is -0.770. The van der Waals surface area contributed by atoms with E-state index in [1.54, 1.807) is 0 Å². The Morgan fingerprint density at radius 2 is 1.28 bits per heavy atom. The molecule has 0 aromatic heterocycles. The molecule has 0 bridgehead atoms. The van der Waals surface area contributed by atoms with Gasteiger partial charge in [-0.25, -0.2) is 0 Å². The molecule has 146 valence electrons. The van der Waals surface area contributed by atoms with Gasteiger partial charge in [-0.3, -0.25) is 9.59 Å². The molecule has 1 aliphatic carbocycles. The van der Waals surface area contributed by atoms with Crippen molar-refractivity contribution in [2.45, 2.75) is 84.0 Å². The number of unbranched alkanes of at least 4 members (excludes halogenated alkanes) is 7. The minimum Gasteiger partial charge on any atom is -0.465 e. The van der Waals surface area contributed by atoms with Crippen LogP contribution in [0.15, 0.2) is 0 Å². The summed E-state index contributed by atoms with van der Waals surface area (Å²) in [5.41, 5.74) is 0. The number of carbonyl (C=O) groups is 2. The fourth-order valence-electron chi connectivity index (χ4n) is 3.46. The molecule has 0 heterocycles. The van der Waals surface area contributed by atoms with E-state index in [-0.39, 0.29) is 36.3 Å². The minimum atomic E-state index is -0.358. The first kappa shape index (κ1) is 22.3. The Morgan fingerprint density at radius 1 is 0.800 bits per heavy atom. The molecule has 2 atom stereocenters. The third-order valence-electron chi connectivity index (χ3n) is 4.94. The SMILES string of the molecule is CCCCCCCCCCOC(=O)C1CCCCC1C(=O)OCCCl. The van der Waals surface area contributed by atoms with Gasteiger partial charge in [0.2, 0.25) is 0 Å². The number of ether oxygens (including phenoxy) is 2. The van der Waals surface area contributed by atoms with Crippen molar-refractivity contribution in [3.05, 3.63) is 0 Å². The fraction of sp³-hybridized carbons (Fsp3) is 0.900. The summed E-state index contributed by atoms with van der Waals surface area (Å²) in [7, 11) is 0. The zero-order valence-corrected chi connectivity index (χ0v) is 16.5. The van der Waals surface area contributed by atoms with Crippen molar-refractivity contribution in [1.82, 2.24) is 0 Å². The lowest BCUT2D eigenvalue weighted by Crippen LogP contribution is -2.35. The summed E-state index contributed by atoms with van der Waals surface area (Å²) in [4.78, 5) is 24.4. The zero-order valence-electron chi connectivity index (χ0n) is 15.8. The van der Waals surface area contributed by atoms with Crippen molar-refractivity contribution in [3.8, 4) is 0 Å². The summed E-state index contributed by atoms with van der Waals surface area (Å²) in [6.45, 7) is 2.90. The van der Waals surface area contributed by atoms with Crippen LogP contribution in [0.4, 0.5) is 0 Å². The molecule has 0 N–H and O–H groups in total. The largest absolute Gasteiger partial charge is 0.465 e. The molecular formula is C20H35ClO4. The highest BCUT2D eigenvalue weighted by Crippen LogP contribution is 2.32. The van der Waals surface area contributed by atoms with Crippen LogP contribution in [-0.2, 0) is 19.1 Å². The van der Waals surface area contributed by atoms with Gasteiger partial charge in [0.05, 0.1) is 24.3 Å². The van der Waals surface area contributed by atoms with Gasteiger partial charge in [0.15, 0.2) is 0 Å². The van der Waals surface area contributed by atoms with E-state index in [4.69, 9.17) is 21.1 Å². The van der Waals surface area contributed by atoms with E-state index in [9.17, 15) is 9.59 Å². The Morgan fingerprint density at radius 3 is 1.80 bits per heavy atom. The second-order valence-electron chi connectivity index (χ2n) is 7.00. The van der Waals surface area contributed by atoms with E-state index in [2.05, 4.69) is 6.92 Å². The Bertz CT molecular complexity index is 373. The Labute approximate surface area is 158 Å². The fourth-order valence-corrected chi connectivity index (χ4v) is 3.53. The standard InChI is InChI=1S/C20H35ClO4/c1-2-3-4-5-6-7-8-11-15-24-19(22)17-12-9-10-13-18(17)20(23)25-16-14-21/h17-18H,2-16H2,1H3. The van der Waals surface area contributed by atoms with Gasteiger partial charge in [-0.05, 0) is 19.3 Å². The van der Waals surface area contributed by atoms with Gasteiger partial charge in [-0.15, -0.1) is 11.6 Å². The van der Waals surface area contributed by atoms with Crippen molar-refractivity contribution in [3.63, 3.8) is 0 Å². The third-order valence-corrected chi connectivity index (χ3v) is 5.09. The third kappa shape index (κ3) is 9.48. The van der Waals surface area contributed by atoms with Crippen LogP contribution in [-0.4, -0.2) is 31.0 Å². The summed E-state index contributed by atoms with van der Waals surface area (Å²) >= 11 is 5.56. The van der Waals surface area contributed by atoms with Gasteiger partial charge in [0.1, 0.15) is 6.61 Å². The second-order valence-corrected chi connectivity index (χ2v) is 7.37. The monoisotopic (exact) mass is 374 g/mol. The van der Waals surface area contributed by atoms with Crippen LogP contribution in [0, 0.1) is 11.8 Å². The molecule has 0 amide bonds. The summed E-state index contributed by atoms with van der Waals surface area (Å²) in [5.74, 6) is -0.940. The Kier molecular flexibility index (Phi) is 12.8. The van der Waals surface area contributed by atoms with Crippen LogP contribution in [0.5, 0.6) is 0 Å². The lowest BCUT2D eigenvalue weighted by atomic mass is 9.79. The molecule has 0 aromatic rings. The van der Waals surface area contributed by atoms with Crippen molar-refractivity contribution >= 4 is 23.5 Å². The maximum atomic E-state index is 12.3. The molecule has 5 heteroatoms. The first-order valence-electron chi connectivity index (χ1n) is 10.1. The lowest BCUT2D eigenvalue weighted by molar-refractivity contribution is -0.162. The topological polar surface area (TPSA) is 52.6 Å². The molecular weight excluding hydrogens is 340 g/mol. The molecule has 1 aliphatic rings. The highest BCUT2D eigenvalue weighted by atomic mass is 35.5. The quantitative estimate of drug-likeness (QED) is 0.250. The molecule has 0 radical (unpaired) electrons. The number of rotatable bonds is 13. The molecule has 4 nitrogen and oxygen atoms in total. The van der Waals surface area contributed by atoms with Crippen LogP contribution in [0.2, 0.25) is 0 Å². The van der Waals surface area contributed by atoms with Gasteiger partial charge in [0.25, 0.3) is 0 Å². The molecule has 0 saturated heterocycles. The van der Waals surface area contributed by atoms with Crippen molar-refractivity contribution in [2.24, 2.45) is 11.8 Å². The average molecular weight is 375 g/mol.